The molecule has 1 aromatic rings. The van der Waals surface area contributed by atoms with Gasteiger partial charge in [0.1, 0.15) is 11.8 Å². The van der Waals surface area contributed by atoms with Crippen molar-refractivity contribution < 1.29 is 17.9 Å². The Kier molecular flexibility index (Phi) is 3.78. The van der Waals surface area contributed by atoms with Crippen molar-refractivity contribution in [3.05, 3.63) is 29.3 Å². The zero-order chi connectivity index (χ0) is 17.1. The lowest BCUT2D eigenvalue weighted by atomic mass is 9.80. The Morgan fingerprint density at radius 1 is 1.29 bits per heavy atom. The van der Waals surface area contributed by atoms with Crippen molar-refractivity contribution in [1.82, 2.24) is 9.21 Å². The second-order valence-electron chi connectivity index (χ2n) is 6.58. The van der Waals surface area contributed by atoms with Crippen LogP contribution in [0.1, 0.15) is 36.4 Å². The number of piperazine rings is 1. The van der Waals surface area contributed by atoms with Crippen LogP contribution in [0.2, 0.25) is 0 Å². The smallest absolute Gasteiger partial charge is 0.300 e. The summed E-state index contributed by atoms with van der Waals surface area (Å²) in [6, 6.07) is 4.58. The molecule has 130 valence electrons. The largest absolute Gasteiger partial charge is 0.497 e. The van der Waals surface area contributed by atoms with Crippen LogP contribution in [-0.4, -0.2) is 49.3 Å². The van der Waals surface area contributed by atoms with Crippen LogP contribution in [0, 0.1) is 0 Å². The van der Waals surface area contributed by atoms with E-state index in [2.05, 4.69) is 0 Å². The van der Waals surface area contributed by atoms with Crippen LogP contribution in [0.4, 0.5) is 0 Å². The maximum Gasteiger partial charge on any atom is 0.300 e. The summed E-state index contributed by atoms with van der Waals surface area (Å²) in [4.78, 5) is 14.7. The van der Waals surface area contributed by atoms with Crippen LogP contribution in [0.3, 0.4) is 0 Å². The molecule has 0 radical (unpaired) electrons. The van der Waals surface area contributed by atoms with E-state index in [0.29, 0.717) is 19.4 Å². The number of piperidine rings is 1. The van der Waals surface area contributed by atoms with Gasteiger partial charge in [-0.15, -0.1) is 0 Å². The number of carbonyl (C=O) groups excluding carboxylic acids is 1. The minimum absolute atomic E-state index is 0.123. The van der Waals surface area contributed by atoms with E-state index in [9.17, 15) is 13.2 Å². The number of fused-ring (bicyclic) bond motifs is 6. The average Bonchev–Trinajstić information content (AvgIpc) is 2.57. The summed E-state index contributed by atoms with van der Waals surface area (Å²) >= 11 is 0. The summed E-state index contributed by atoms with van der Waals surface area (Å²) in [7, 11) is 3.36. The Morgan fingerprint density at radius 2 is 2.08 bits per heavy atom. The normalized spacial score (nSPS) is 29.8. The fourth-order valence-corrected chi connectivity index (χ4v) is 6.10. The monoisotopic (exact) mass is 370 g/mol. The SMILES string of the molecule is COc1ccc2c(c1)CCN1C(=O)C3CCCC(C21)N3S(=O)(=O)Cl. The Morgan fingerprint density at radius 3 is 2.79 bits per heavy atom. The molecule has 3 unspecified atom stereocenters. The molecule has 2 fully saturated rings. The molecule has 0 N–H and O–H groups in total. The van der Waals surface area contributed by atoms with E-state index in [0.717, 1.165) is 29.7 Å². The highest BCUT2D eigenvalue weighted by atomic mass is 35.7. The first-order valence-electron chi connectivity index (χ1n) is 8.12. The lowest BCUT2D eigenvalue weighted by Crippen LogP contribution is -2.66. The number of methoxy groups -OCH3 is 1. The maximum atomic E-state index is 12.9. The van der Waals surface area contributed by atoms with E-state index in [4.69, 9.17) is 15.4 Å². The first-order valence-corrected chi connectivity index (χ1v) is 10.4. The minimum atomic E-state index is -3.95. The Balaban J connectivity index is 1.84. The third-order valence-corrected chi connectivity index (χ3v) is 6.93. The molecule has 1 amide bonds. The predicted octanol–water partition coefficient (Wildman–Crippen LogP) is 1.84. The van der Waals surface area contributed by atoms with Gasteiger partial charge < -0.3 is 9.64 Å². The molecular formula is C16H19ClN2O4S. The van der Waals surface area contributed by atoms with Crippen molar-refractivity contribution in [2.24, 2.45) is 0 Å². The lowest BCUT2D eigenvalue weighted by molar-refractivity contribution is -0.149. The van der Waals surface area contributed by atoms with Gasteiger partial charge in [-0.05, 0) is 48.9 Å². The molecule has 3 atom stereocenters. The molecular weight excluding hydrogens is 352 g/mol. The number of hydrogen-bond donors (Lipinski definition) is 0. The van der Waals surface area contributed by atoms with Crippen LogP contribution in [-0.2, 0) is 20.5 Å². The van der Waals surface area contributed by atoms with Crippen molar-refractivity contribution in [3.63, 3.8) is 0 Å². The molecule has 0 spiro atoms. The number of ether oxygens (including phenoxy) is 1. The predicted molar refractivity (Wildman–Crippen MR) is 89.2 cm³/mol. The van der Waals surface area contributed by atoms with Crippen molar-refractivity contribution in [2.45, 2.75) is 43.8 Å². The summed E-state index contributed by atoms with van der Waals surface area (Å²) < 4.78 is 30.8. The van der Waals surface area contributed by atoms with Crippen molar-refractivity contribution in [1.29, 1.82) is 0 Å². The van der Waals surface area contributed by atoms with E-state index in [-0.39, 0.29) is 18.0 Å². The van der Waals surface area contributed by atoms with Gasteiger partial charge in [-0.3, -0.25) is 4.79 Å². The summed E-state index contributed by atoms with van der Waals surface area (Å²) in [6.45, 7) is 0.604. The zero-order valence-electron chi connectivity index (χ0n) is 13.3. The van der Waals surface area contributed by atoms with Gasteiger partial charge in [-0.25, -0.2) is 0 Å². The molecule has 0 aromatic heterocycles. The zero-order valence-corrected chi connectivity index (χ0v) is 14.9. The molecule has 8 heteroatoms. The summed E-state index contributed by atoms with van der Waals surface area (Å²) in [5, 5.41) is 0. The van der Waals surface area contributed by atoms with Gasteiger partial charge in [-0.2, -0.15) is 12.7 Å². The third-order valence-electron chi connectivity index (χ3n) is 5.42. The molecule has 0 saturated carbocycles. The molecule has 3 heterocycles. The lowest BCUT2D eigenvalue weighted by Gasteiger charge is -2.54. The van der Waals surface area contributed by atoms with Crippen LogP contribution < -0.4 is 4.74 Å². The fraction of sp³-hybridized carbons (Fsp3) is 0.562. The number of benzene rings is 1. The van der Waals surface area contributed by atoms with Crippen molar-refractivity contribution in [2.75, 3.05) is 13.7 Å². The minimum Gasteiger partial charge on any atom is -0.497 e. The van der Waals surface area contributed by atoms with E-state index in [1.807, 2.05) is 23.1 Å². The van der Waals surface area contributed by atoms with Crippen molar-refractivity contribution in [3.8, 4) is 5.75 Å². The van der Waals surface area contributed by atoms with Gasteiger partial charge in [-0.1, -0.05) is 6.07 Å². The molecule has 6 nitrogen and oxygen atoms in total. The Bertz CT molecular complexity index is 797. The van der Waals surface area contributed by atoms with Crippen LogP contribution in [0.25, 0.3) is 0 Å². The molecule has 2 bridgehead atoms. The van der Waals surface area contributed by atoms with Crippen LogP contribution in [0.5, 0.6) is 5.75 Å². The van der Waals surface area contributed by atoms with E-state index >= 15 is 0 Å². The molecule has 4 rings (SSSR count). The average molecular weight is 371 g/mol. The van der Waals surface area contributed by atoms with Gasteiger partial charge in [0.15, 0.2) is 0 Å². The fourth-order valence-electron chi connectivity index (χ4n) is 4.46. The first kappa shape index (κ1) is 16.2. The highest BCUT2D eigenvalue weighted by Crippen LogP contribution is 2.46. The number of hydrogen-bond acceptors (Lipinski definition) is 4. The molecule has 3 aliphatic rings. The summed E-state index contributed by atoms with van der Waals surface area (Å²) in [5.41, 5.74) is 2.12. The second-order valence-corrected chi connectivity index (χ2v) is 8.99. The Labute approximate surface area is 145 Å². The molecule has 3 aliphatic heterocycles. The van der Waals surface area contributed by atoms with Gasteiger partial charge in [0.25, 0.3) is 0 Å². The maximum absolute atomic E-state index is 12.9. The second kappa shape index (κ2) is 5.61. The molecule has 2 saturated heterocycles. The summed E-state index contributed by atoms with van der Waals surface area (Å²) in [5.74, 6) is 0.648. The third kappa shape index (κ3) is 2.33. The van der Waals surface area contributed by atoms with Crippen LogP contribution >= 0.6 is 10.7 Å². The number of halogens is 1. The number of nitrogens with zero attached hydrogens (tertiary/aromatic N) is 2. The number of carbonyl (C=O) groups is 1. The highest BCUT2D eigenvalue weighted by Gasteiger charge is 2.54. The van der Waals surface area contributed by atoms with E-state index < -0.39 is 15.3 Å². The molecule has 24 heavy (non-hydrogen) atoms. The first-order chi connectivity index (χ1) is 11.4. The summed E-state index contributed by atoms with van der Waals surface area (Å²) in [6.07, 6.45) is 2.84. The highest BCUT2D eigenvalue weighted by molar-refractivity contribution is 8.11. The van der Waals surface area contributed by atoms with Crippen molar-refractivity contribution >= 4 is 25.8 Å². The Hall–Kier alpha value is -1.31. The van der Waals surface area contributed by atoms with Gasteiger partial charge in [0, 0.05) is 17.2 Å². The number of amides is 1. The molecule has 0 aliphatic carbocycles. The van der Waals surface area contributed by atoms with Gasteiger partial charge >= 0.3 is 9.24 Å². The van der Waals surface area contributed by atoms with Gasteiger partial charge in [0.2, 0.25) is 5.91 Å². The molecule has 1 aromatic carbocycles. The van der Waals surface area contributed by atoms with Crippen LogP contribution in [0.15, 0.2) is 18.2 Å². The topological polar surface area (TPSA) is 66.9 Å². The quantitative estimate of drug-likeness (QED) is 0.745. The van der Waals surface area contributed by atoms with E-state index in [1.54, 1.807) is 7.11 Å². The number of rotatable bonds is 2. The van der Waals surface area contributed by atoms with Gasteiger partial charge in [0.05, 0.1) is 19.2 Å². The van der Waals surface area contributed by atoms with E-state index in [1.165, 1.54) is 4.31 Å². The standard InChI is InChI=1S/C16H19ClN2O4S/c1-23-11-5-6-12-10(9-11)7-8-18-15(12)13-3-2-4-14(16(18)20)19(13)24(17,21)22/h5-6,9,13-15H,2-4,7-8H2,1H3.